The summed E-state index contributed by atoms with van der Waals surface area (Å²) in [5, 5.41) is 0. The Hall–Kier alpha value is -0.660. The Morgan fingerprint density at radius 1 is 1.27 bits per heavy atom. The maximum absolute atomic E-state index is 10.3. The maximum atomic E-state index is 10.3. The Bertz CT molecular complexity index is 108. The van der Waals surface area contributed by atoms with E-state index in [4.69, 9.17) is 0 Å². The van der Waals surface area contributed by atoms with Crippen LogP contribution in [0.1, 0.15) is 40.5 Å². The van der Waals surface area contributed by atoms with Gasteiger partial charge in [0.15, 0.2) is 5.78 Å². The molecule has 0 aromatic heterocycles. The molecular weight excluding hydrogens is 138 g/mol. The molecular formula is C9H19NO. The summed E-state index contributed by atoms with van der Waals surface area (Å²) in [7, 11) is 0. The van der Waals surface area contributed by atoms with Crippen molar-refractivity contribution in [3.05, 3.63) is 0 Å². The molecule has 0 unspecified atom stereocenters. The molecule has 0 bridgehead atoms. The Balaban J connectivity index is 0. The van der Waals surface area contributed by atoms with E-state index in [0.717, 1.165) is 13.0 Å². The lowest BCUT2D eigenvalue weighted by atomic mass is 10.2. The molecule has 0 aromatic carbocycles. The summed E-state index contributed by atoms with van der Waals surface area (Å²) in [4.78, 5) is 14.1. The van der Waals surface area contributed by atoms with Crippen molar-refractivity contribution in [2.24, 2.45) is 4.99 Å². The molecule has 0 amide bonds. The minimum atomic E-state index is 0.172. The zero-order valence-electron chi connectivity index (χ0n) is 8.05. The van der Waals surface area contributed by atoms with Gasteiger partial charge in [-0.2, -0.15) is 0 Å². The number of ketones is 1. The van der Waals surface area contributed by atoms with Crippen molar-refractivity contribution in [1.29, 1.82) is 0 Å². The van der Waals surface area contributed by atoms with Gasteiger partial charge < -0.3 is 0 Å². The molecule has 2 nitrogen and oxygen atoms in total. The normalized spacial score (nSPS) is 14.0. The van der Waals surface area contributed by atoms with Crippen molar-refractivity contribution in [1.82, 2.24) is 0 Å². The van der Waals surface area contributed by atoms with Crippen LogP contribution in [0, 0.1) is 0 Å². The van der Waals surface area contributed by atoms with Gasteiger partial charge >= 0.3 is 0 Å². The summed E-state index contributed by atoms with van der Waals surface area (Å²) < 4.78 is 0. The third-order valence-electron chi connectivity index (χ3n) is 0.946. The molecule has 1 heterocycles. The molecule has 2 heteroatoms. The predicted octanol–water partition coefficient (Wildman–Crippen LogP) is 2.47. The van der Waals surface area contributed by atoms with Crippen molar-refractivity contribution >= 4 is 12.0 Å². The zero-order chi connectivity index (χ0) is 9.11. The molecule has 0 atom stereocenters. The highest BCUT2D eigenvalue weighted by atomic mass is 16.1. The molecule has 0 aliphatic carbocycles. The first kappa shape index (κ1) is 13.0. The smallest absolute Gasteiger partial charge is 0.173 e. The minimum Gasteiger partial charge on any atom is -0.293 e. The van der Waals surface area contributed by atoms with E-state index in [2.05, 4.69) is 4.99 Å². The highest BCUT2D eigenvalue weighted by Crippen LogP contribution is 1.94. The fourth-order valence-electron chi connectivity index (χ4n) is 0.575. The quantitative estimate of drug-likeness (QED) is 0.531. The topological polar surface area (TPSA) is 29.4 Å². The lowest BCUT2D eigenvalue weighted by Crippen LogP contribution is -2.05. The van der Waals surface area contributed by atoms with Crippen LogP contribution in [0.25, 0.3) is 0 Å². The molecule has 0 N–H and O–H groups in total. The number of carbonyl (C=O) groups excluding carboxylic acids is 1. The van der Waals surface area contributed by atoms with Crippen molar-refractivity contribution in [3.8, 4) is 0 Å². The fraction of sp³-hybridized carbons (Fsp3) is 0.778. The third-order valence-corrected chi connectivity index (χ3v) is 0.946. The molecule has 0 aromatic rings. The number of carbonyl (C=O) groups is 1. The van der Waals surface area contributed by atoms with Crippen LogP contribution in [0.2, 0.25) is 0 Å². The summed E-state index contributed by atoms with van der Waals surface area (Å²) in [6, 6.07) is 0. The summed E-state index contributed by atoms with van der Waals surface area (Å²) >= 11 is 0. The number of hydrogen-bond acceptors (Lipinski definition) is 2. The monoisotopic (exact) mass is 157 g/mol. The second kappa shape index (κ2) is 12.1. The van der Waals surface area contributed by atoms with E-state index < -0.39 is 0 Å². The summed E-state index contributed by atoms with van der Waals surface area (Å²) in [5.41, 5.74) is 0. The Kier molecular flexibility index (Phi) is 14.2. The van der Waals surface area contributed by atoms with Gasteiger partial charge in [-0.1, -0.05) is 27.7 Å². The van der Waals surface area contributed by atoms with Crippen LogP contribution in [0.15, 0.2) is 4.99 Å². The number of hydrogen-bond donors (Lipinski definition) is 0. The predicted molar refractivity (Wildman–Crippen MR) is 50.3 cm³/mol. The third kappa shape index (κ3) is 9.34. The number of aliphatic imine (C=N–C) groups is 1. The van der Waals surface area contributed by atoms with Crippen LogP contribution >= 0.6 is 0 Å². The lowest BCUT2D eigenvalue weighted by molar-refractivity contribution is -0.112. The van der Waals surface area contributed by atoms with Gasteiger partial charge in [0.05, 0.1) is 6.21 Å². The average Bonchev–Trinajstić information content (AvgIpc) is 2.13. The standard InChI is InChI=1S/C5H7NO.2C2H6/c7-5-2-1-3-6-4-5;2*1-2/h4H,1-3H2;2*1-2H3. The summed E-state index contributed by atoms with van der Waals surface area (Å²) in [5.74, 6) is 0.172. The van der Waals surface area contributed by atoms with Gasteiger partial charge in [0, 0.05) is 13.0 Å². The van der Waals surface area contributed by atoms with Crippen molar-refractivity contribution in [2.75, 3.05) is 6.54 Å². The van der Waals surface area contributed by atoms with Crippen LogP contribution in [0.5, 0.6) is 0 Å². The van der Waals surface area contributed by atoms with Crippen LogP contribution in [-0.2, 0) is 4.79 Å². The van der Waals surface area contributed by atoms with Gasteiger partial charge in [0.1, 0.15) is 0 Å². The minimum absolute atomic E-state index is 0.172. The first-order chi connectivity index (χ1) is 5.39. The van der Waals surface area contributed by atoms with E-state index in [1.807, 2.05) is 27.7 Å². The van der Waals surface area contributed by atoms with Crippen molar-refractivity contribution in [2.45, 2.75) is 40.5 Å². The summed E-state index contributed by atoms with van der Waals surface area (Å²) in [6.07, 6.45) is 3.06. The number of rotatable bonds is 0. The van der Waals surface area contributed by atoms with Crippen molar-refractivity contribution in [3.63, 3.8) is 0 Å². The van der Waals surface area contributed by atoms with Gasteiger partial charge in [-0.25, -0.2) is 0 Å². The van der Waals surface area contributed by atoms with Gasteiger partial charge in [-0.05, 0) is 6.42 Å². The zero-order valence-corrected chi connectivity index (χ0v) is 8.05. The highest BCUT2D eigenvalue weighted by Gasteiger charge is 1.99. The molecule has 0 spiro atoms. The molecule has 0 saturated heterocycles. The summed E-state index contributed by atoms with van der Waals surface area (Å²) in [6.45, 7) is 8.84. The Morgan fingerprint density at radius 3 is 2.00 bits per heavy atom. The Labute approximate surface area is 69.7 Å². The molecule has 0 fully saturated rings. The van der Waals surface area contributed by atoms with Crippen molar-refractivity contribution < 1.29 is 4.79 Å². The second-order valence-corrected chi connectivity index (χ2v) is 1.61. The van der Waals surface area contributed by atoms with E-state index in [1.165, 1.54) is 6.21 Å². The fourth-order valence-corrected chi connectivity index (χ4v) is 0.575. The second-order valence-electron chi connectivity index (χ2n) is 1.61. The molecule has 1 aliphatic heterocycles. The largest absolute Gasteiger partial charge is 0.293 e. The molecule has 66 valence electrons. The molecule has 0 saturated carbocycles. The van der Waals surface area contributed by atoms with E-state index in [1.54, 1.807) is 0 Å². The van der Waals surface area contributed by atoms with Crippen LogP contribution < -0.4 is 0 Å². The van der Waals surface area contributed by atoms with E-state index in [0.29, 0.717) is 6.42 Å². The number of nitrogens with zero attached hydrogens (tertiary/aromatic N) is 1. The van der Waals surface area contributed by atoms with Gasteiger partial charge in [-0.3, -0.25) is 9.79 Å². The van der Waals surface area contributed by atoms with Crippen LogP contribution in [-0.4, -0.2) is 18.5 Å². The Morgan fingerprint density at radius 2 is 1.82 bits per heavy atom. The number of Topliss-reactive ketones (excluding diaryl/α,β-unsaturated/α-hetero) is 1. The maximum Gasteiger partial charge on any atom is 0.173 e. The van der Waals surface area contributed by atoms with Gasteiger partial charge in [0.2, 0.25) is 0 Å². The SMILES string of the molecule is CC.CC.O=C1C=NCCC1. The lowest BCUT2D eigenvalue weighted by Gasteiger charge is -1.97. The molecule has 0 radical (unpaired) electrons. The van der Waals surface area contributed by atoms with E-state index >= 15 is 0 Å². The first-order valence-electron chi connectivity index (χ1n) is 4.42. The van der Waals surface area contributed by atoms with Crippen LogP contribution in [0.4, 0.5) is 0 Å². The van der Waals surface area contributed by atoms with Crippen LogP contribution in [0.3, 0.4) is 0 Å². The first-order valence-corrected chi connectivity index (χ1v) is 4.42. The molecule has 11 heavy (non-hydrogen) atoms. The van der Waals surface area contributed by atoms with Gasteiger partial charge in [0.25, 0.3) is 0 Å². The van der Waals surface area contributed by atoms with E-state index in [-0.39, 0.29) is 5.78 Å². The van der Waals surface area contributed by atoms with Gasteiger partial charge in [-0.15, -0.1) is 0 Å². The molecule has 1 rings (SSSR count). The van der Waals surface area contributed by atoms with E-state index in [9.17, 15) is 4.79 Å². The average molecular weight is 157 g/mol. The highest BCUT2D eigenvalue weighted by molar-refractivity contribution is 6.27. The molecule has 1 aliphatic rings.